The van der Waals surface area contributed by atoms with E-state index in [0.717, 1.165) is 22.6 Å². The van der Waals surface area contributed by atoms with E-state index < -0.39 is 0 Å². The maximum atomic E-state index is 13.0. The third-order valence-corrected chi connectivity index (χ3v) is 5.09. The van der Waals surface area contributed by atoms with Gasteiger partial charge in [-0.15, -0.1) is 21.5 Å². The average Bonchev–Trinajstić information content (AvgIpc) is 3.30. The van der Waals surface area contributed by atoms with Crippen LogP contribution in [0.15, 0.2) is 46.6 Å². The minimum atomic E-state index is -0.0391. The number of thiophene rings is 1. The average molecular weight is 368 g/mol. The van der Waals surface area contributed by atoms with Crippen LogP contribution < -0.4 is 5.56 Å². The molecule has 0 spiro atoms. The Bertz CT molecular complexity index is 1100. The molecule has 0 aliphatic carbocycles. The Morgan fingerprint density at radius 2 is 2.00 bits per heavy atom. The van der Waals surface area contributed by atoms with Crippen molar-refractivity contribution in [1.82, 2.24) is 19.2 Å². The van der Waals surface area contributed by atoms with Gasteiger partial charge in [0.1, 0.15) is 0 Å². The van der Waals surface area contributed by atoms with Gasteiger partial charge in [-0.1, -0.05) is 18.2 Å². The zero-order valence-electron chi connectivity index (χ0n) is 14.8. The first kappa shape index (κ1) is 16.9. The number of benzene rings is 1. The van der Waals surface area contributed by atoms with E-state index in [-0.39, 0.29) is 11.7 Å². The lowest BCUT2D eigenvalue weighted by molar-refractivity contribution is 0.0748. The molecule has 0 aliphatic rings. The number of aromatic nitrogens is 4. The molecule has 4 aromatic rings. The van der Waals surface area contributed by atoms with Gasteiger partial charge in [-0.05, 0) is 43.8 Å². The van der Waals surface area contributed by atoms with Crippen LogP contribution in [0.1, 0.15) is 20.3 Å². The van der Waals surface area contributed by atoms with Gasteiger partial charge in [-0.3, -0.25) is 13.8 Å². The highest BCUT2D eigenvalue weighted by atomic mass is 32.1. The van der Waals surface area contributed by atoms with E-state index in [2.05, 4.69) is 10.2 Å². The highest BCUT2D eigenvalue weighted by molar-refractivity contribution is 7.13. The number of hydrogen-bond donors (Lipinski definition) is 0. The summed E-state index contributed by atoms with van der Waals surface area (Å²) in [5, 5.41) is 11.4. The molecule has 0 bridgehead atoms. The molecule has 134 valence electrons. The van der Waals surface area contributed by atoms with Gasteiger partial charge in [0.25, 0.3) is 5.56 Å². The second-order valence-electron chi connectivity index (χ2n) is 6.38. The topological polar surface area (TPSA) is 61.4 Å². The number of fused-ring (bicyclic) bond motifs is 3. The van der Waals surface area contributed by atoms with Crippen LogP contribution in [0.3, 0.4) is 0 Å². The summed E-state index contributed by atoms with van der Waals surface area (Å²) in [4.78, 5) is 14.0. The van der Waals surface area contributed by atoms with E-state index in [1.54, 1.807) is 15.9 Å². The zero-order chi connectivity index (χ0) is 18.1. The molecule has 7 heteroatoms. The Kier molecular flexibility index (Phi) is 4.57. The molecule has 4 rings (SSSR count). The van der Waals surface area contributed by atoms with Gasteiger partial charge < -0.3 is 4.74 Å². The molecule has 3 heterocycles. The second kappa shape index (κ2) is 7.01. The lowest BCUT2D eigenvalue weighted by atomic mass is 10.2. The smallest absolute Gasteiger partial charge is 0.262 e. The van der Waals surface area contributed by atoms with Crippen LogP contribution in [0, 0.1) is 0 Å². The van der Waals surface area contributed by atoms with E-state index in [9.17, 15) is 4.79 Å². The third-order valence-electron chi connectivity index (χ3n) is 4.23. The van der Waals surface area contributed by atoms with Gasteiger partial charge in [0.2, 0.25) is 5.78 Å². The first-order chi connectivity index (χ1) is 12.7. The summed E-state index contributed by atoms with van der Waals surface area (Å²) in [7, 11) is 0. The predicted molar refractivity (Wildman–Crippen MR) is 104 cm³/mol. The predicted octanol–water partition coefficient (Wildman–Crippen LogP) is 3.59. The van der Waals surface area contributed by atoms with Gasteiger partial charge in [-0.25, -0.2) is 0 Å². The van der Waals surface area contributed by atoms with Crippen molar-refractivity contribution in [3.63, 3.8) is 0 Å². The van der Waals surface area contributed by atoms with Crippen LogP contribution in [-0.4, -0.2) is 31.9 Å². The summed E-state index contributed by atoms with van der Waals surface area (Å²) >= 11 is 1.61. The summed E-state index contributed by atoms with van der Waals surface area (Å²) in [6.45, 7) is 5.16. The summed E-state index contributed by atoms with van der Waals surface area (Å²) in [6, 6.07) is 11.6. The molecule has 26 heavy (non-hydrogen) atoms. The Labute approximate surface area is 154 Å². The van der Waals surface area contributed by atoms with Crippen molar-refractivity contribution in [3.05, 3.63) is 52.1 Å². The van der Waals surface area contributed by atoms with Crippen LogP contribution in [0.5, 0.6) is 0 Å². The normalized spacial score (nSPS) is 11.8. The Morgan fingerprint density at radius 1 is 1.15 bits per heavy atom. The Hall–Kier alpha value is -2.51. The fraction of sp³-hybridized carbons (Fsp3) is 0.316. The van der Waals surface area contributed by atoms with E-state index in [1.807, 2.05) is 60.0 Å². The molecule has 0 fully saturated rings. The van der Waals surface area contributed by atoms with Crippen molar-refractivity contribution in [1.29, 1.82) is 0 Å². The summed E-state index contributed by atoms with van der Waals surface area (Å²) < 4.78 is 9.29. The maximum Gasteiger partial charge on any atom is 0.262 e. The van der Waals surface area contributed by atoms with Crippen molar-refractivity contribution in [2.75, 3.05) is 6.61 Å². The molecule has 0 saturated carbocycles. The van der Waals surface area contributed by atoms with Crippen LogP contribution >= 0.6 is 11.3 Å². The third kappa shape index (κ3) is 2.93. The van der Waals surface area contributed by atoms with E-state index in [1.165, 1.54) is 0 Å². The Morgan fingerprint density at radius 3 is 2.77 bits per heavy atom. The highest BCUT2D eigenvalue weighted by Gasteiger charge is 2.17. The van der Waals surface area contributed by atoms with Crippen molar-refractivity contribution in [2.24, 2.45) is 0 Å². The quantitative estimate of drug-likeness (QED) is 0.488. The van der Waals surface area contributed by atoms with E-state index >= 15 is 0 Å². The first-order valence-corrected chi connectivity index (χ1v) is 9.57. The molecule has 0 atom stereocenters. The van der Waals surface area contributed by atoms with Gasteiger partial charge in [0.15, 0.2) is 5.82 Å². The maximum absolute atomic E-state index is 13.0. The monoisotopic (exact) mass is 368 g/mol. The fourth-order valence-electron chi connectivity index (χ4n) is 3.07. The lowest BCUT2D eigenvalue weighted by Gasteiger charge is -2.12. The van der Waals surface area contributed by atoms with E-state index in [0.29, 0.717) is 24.3 Å². The number of hydrogen-bond acceptors (Lipinski definition) is 5. The second-order valence-corrected chi connectivity index (χ2v) is 7.33. The van der Waals surface area contributed by atoms with Crippen LogP contribution in [-0.2, 0) is 11.3 Å². The van der Waals surface area contributed by atoms with Crippen LogP contribution in [0.4, 0.5) is 0 Å². The molecular formula is C19H20N4O2S. The molecule has 0 N–H and O–H groups in total. The van der Waals surface area contributed by atoms with Crippen molar-refractivity contribution in [2.45, 2.75) is 32.9 Å². The minimum absolute atomic E-state index is 0.0391. The molecule has 0 unspecified atom stereocenters. The van der Waals surface area contributed by atoms with Gasteiger partial charge in [-0.2, -0.15) is 0 Å². The fourth-order valence-corrected chi connectivity index (χ4v) is 3.77. The van der Waals surface area contributed by atoms with Crippen LogP contribution in [0.25, 0.3) is 27.4 Å². The molecule has 0 aliphatic heterocycles. The highest BCUT2D eigenvalue weighted by Crippen LogP contribution is 2.25. The number of nitrogens with zero attached hydrogens (tertiary/aromatic N) is 4. The molecule has 6 nitrogen and oxygen atoms in total. The first-order valence-electron chi connectivity index (χ1n) is 8.69. The summed E-state index contributed by atoms with van der Waals surface area (Å²) in [5.41, 5.74) is 0.790. The van der Waals surface area contributed by atoms with E-state index in [4.69, 9.17) is 4.74 Å². The number of para-hydroxylation sites is 1. The lowest BCUT2D eigenvalue weighted by Crippen LogP contribution is -2.24. The molecule has 3 aromatic heterocycles. The Balaban J connectivity index is 1.88. The summed E-state index contributed by atoms with van der Waals surface area (Å²) in [5.74, 6) is 1.33. The van der Waals surface area contributed by atoms with Gasteiger partial charge >= 0.3 is 0 Å². The SMILES string of the molecule is CC(C)OCCCn1c(=O)c2ccccc2n2c(-c3cccs3)nnc12. The largest absolute Gasteiger partial charge is 0.379 e. The standard InChI is InChI=1S/C19H20N4O2S/c1-13(2)25-11-6-10-22-18(24)14-7-3-4-8-15(14)23-17(20-21-19(22)23)16-9-5-12-26-16/h3-5,7-9,12-13H,6,10-11H2,1-2H3. The molecular weight excluding hydrogens is 348 g/mol. The number of rotatable bonds is 6. The molecule has 0 radical (unpaired) electrons. The molecule has 1 aromatic carbocycles. The number of aryl methyl sites for hydroxylation is 1. The minimum Gasteiger partial charge on any atom is -0.379 e. The molecule has 0 amide bonds. The van der Waals surface area contributed by atoms with Gasteiger partial charge in [0.05, 0.1) is 21.9 Å². The number of ether oxygens (including phenoxy) is 1. The van der Waals surface area contributed by atoms with Crippen molar-refractivity contribution < 1.29 is 4.74 Å². The molecule has 0 saturated heterocycles. The van der Waals surface area contributed by atoms with Gasteiger partial charge in [0, 0.05) is 13.2 Å². The van der Waals surface area contributed by atoms with Crippen molar-refractivity contribution >= 4 is 28.0 Å². The van der Waals surface area contributed by atoms with Crippen molar-refractivity contribution in [3.8, 4) is 10.7 Å². The summed E-state index contributed by atoms with van der Waals surface area (Å²) in [6.07, 6.45) is 0.926. The zero-order valence-corrected chi connectivity index (χ0v) is 15.6. The van der Waals surface area contributed by atoms with Crippen LogP contribution in [0.2, 0.25) is 0 Å².